The summed E-state index contributed by atoms with van der Waals surface area (Å²) in [7, 11) is 0. The highest BCUT2D eigenvalue weighted by Crippen LogP contribution is 2.27. The molecule has 19 heavy (non-hydrogen) atoms. The molecule has 2 N–H and O–H groups in total. The van der Waals surface area contributed by atoms with Crippen molar-refractivity contribution < 1.29 is 9.31 Å². The van der Waals surface area contributed by atoms with Crippen LogP contribution in [0.25, 0.3) is 0 Å². The molecule has 1 aliphatic rings. The van der Waals surface area contributed by atoms with Gasteiger partial charge in [0.2, 0.25) is 0 Å². The van der Waals surface area contributed by atoms with Gasteiger partial charge in [-0.2, -0.15) is 0 Å². The second-order valence-electron chi connectivity index (χ2n) is 4.90. The van der Waals surface area contributed by atoms with Crippen LogP contribution in [0.3, 0.4) is 0 Å². The molecule has 0 radical (unpaired) electrons. The predicted octanol–water partition coefficient (Wildman–Crippen LogP) is 2.60. The third-order valence-corrected chi connectivity index (χ3v) is 3.42. The van der Waals surface area contributed by atoms with Crippen LogP contribution in [0.2, 0.25) is 0 Å². The molecule has 0 saturated carbocycles. The van der Waals surface area contributed by atoms with E-state index in [0.29, 0.717) is 23.8 Å². The molecule has 1 aromatic carbocycles. The summed E-state index contributed by atoms with van der Waals surface area (Å²) in [5.41, 5.74) is 0.583. The van der Waals surface area contributed by atoms with Gasteiger partial charge in [0.25, 0.3) is 5.69 Å². The van der Waals surface area contributed by atoms with Crippen molar-refractivity contribution in [1.29, 1.82) is 0 Å². The maximum atomic E-state index is 13.4. The Morgan fingerprint density at radius 2 is 2.32 bits per heavy atom. The second kappa shape index (κ2) is 5.97. The van der Waals surface area contributed by atoms with E-state index >= 15 is 0 Å². The molecule has 104 valence electrons. The Balaban J connectivity index is 2.09. The van der Waals surface area contributed by atoms with Crippen LogP contribution in [0.15, 0.2) is 12.1 Å². The van der Waals surface area contributed by atoms with Gasteiger partial charge < -0.3 is 10.6 Å². The van der Waals surface area contributed by atoms with E-state index in [0.717, 1.165) is 19.0 Å². The van der Waals surface area contributed by atoms with Gasteiger partial charge in [0, 0.05) is 12.6 Å². The third kappa shape index (κ3) is 3.41. The van der Waals surface area contributed by atoms with Crippen molar-refractivity contribution in [3.8, 4) is 0 Å². The maximum absolute atomic E-state index is 13.4. The summed E-state index contributed by atoms with van der Waals surface area (Å²) in [6.07, 6.45) is 3.40. The average Bonchev–Trinajstić information content (AvgIpc) is 2.40. The molecular formula is C13H18FN3O2. The number of nitro groups is 1. The van der Waals surface area contributed by atoms with Crippen LogP contribution in [0.4, 0.5) is 15.8 Å². The van der Waals surface area contributed by atoms with Crippen LogP contribution < -0.4 is 10.6 Å². The molecule has 5 nitrogen and oxygen atoms in total. The maximum Gasteiger partial charge on any atom is 0.295 e. The van der Waals surface area contributed by atoms with Crippen molar-refractivity contribution in [2.24, 2.45) is 0 Å². The summed E-state index contributed by atoms with van der Waals surface area (Å²) in [4.78, 5) is 10.4. The number of nitrogens with zero attached hydrogens (tertiary/aromatic N) is 1. The quantitative estimate of drug-likeness (QED) is 0.650. The SMILES string of the molecule is Cc1cc(NCC2CCCCN2)c([N+](=O)[O-])cc1F. The van der Waals surface area contributed by atoms with Crippen molar-refractivity contribution in [3.05, 3.63) is 33.6 Å². The van der Waals surface area contributed by atoms with E-state index in [2.05, 4.69) is 10.6 Å². The van der Waals surface area contributed by atoms with Crippen molar-refractivity contribution >= 4 is 11.4 Å². The molecule has 1 aliphatic heterocycles. The number of nitro benzene ring substituents is 1. The molecule has 6 heteroatoms. The van der Waals surface area contributed by atoms with Crippen LogP contribution in [0.5, 0.6) is 0 Å². The van der Waals surface area contributed by atoms with E-state index < -0.39 is 10.7 Å². The van der Waals surface area contributed by atoms with E-state index in [9.17, 15) is 14.5 Å². The zero-order valence-corrected chi connectivity index (χ0v) is 10.9. The average molecular weight is 267 g/mol. The Labute approximate surface area is 111 Å². The number of rotatable bonds is 4. The Morgan fingerprint density at radius 1 is 1.53 bits per heavy atom. The zero-order chi connectivity index (χ0) is 13.8. The minimum Gasteiger partial charge on any atom is -0.378 e. The molecule has 1 saturated heterocycles. The summed E-state index contributed by atoms with van der Waals surface area (Å²) < 4.78 is 13.4. The van der Waals surface area contributed by atoms with E-state index in [1.807, 2.05) is 0 Å². The molecule has 1 unspecified atom stereocenters. The van der Waals surface area contributed by atoms with Gasteiger partial charge in [-0.1, -0.05) is 6.42 Å². The highest BCUT2D eigenvalue weighted by molar-refractivity contribution is 5.63. The van der Waals surface area contributed by atoms with Crippen molar-refractivity contribution in [1.82, 2.24) is 5.32 Å². The standard InChI is InChI=1S/C13H18FN3O2/c1-9-6-12(13(17(18)19)7-11(9)14)16-8-10-4-2-3-5-15-10/h6-7,10,15-16H,2-5,8H2,1H3. The van der Waals surface area contributed by atoms with Crippen LogP contribution in [-0.2, 0) is 0 Å². The minimum atomic E-state index is -0.556. The summed E-state index contributed by atoms with van der Waals surface area (Å²) in [5, 5.41) is 17.3. The lowest BCUT2D eigenvalue weighted by Crippen LogP contribution is -2.39. The highest BCUT2D eigenvalue weighted by Gasteiger charge is 2.18. The fourth-order valence-electron chi connectivity index (χ4n) is 2.30. The molecule has 2 rings (SSSR count). The molecule has 1 fully saturated rings. The molecule has 0 aromatic heterocycles. The molecule has 0 aliphatic carbocycles. The van der Waals surface area contributed by atoms with Gasteiger partial charge in [0.15, 0.2) is 0 Å². The van der Waals surface area contributed by atoms with E-state index in [-0.39, 0.29) is 5.69 Å². The lowest BCUT2D eigenvalue weighted by Gasteiger charge is -2.24. The number of hydrogen-bond acceptors (Lipinski definition) is 4. The lowest BCUT2D eigenvalue weighted by molar-refractivity contribution is -0.384. The van der Waals surface area contributed by atoms with Gasteiger partial charge in [-0.05, 0) is 37.9 Å². The molecule has 1 aromatic rings. The van der Waals surface area contributed by atoms with Crippen molar-refractivity contribution in [2.75, 3.05) is 18.4 Å². The number of aryl methyl sites for hydroxylation is 1. The first-order chi connectivity index (χ1) is 9.08. The Kier molecular flexibility index (Phi) is 4.31. The van der Waals surface area contributed by atoms with Crippen LogP contribution in [0, 0.1) is 22.9 Å². The van der Waals surface area contributed by atoms with E-state index in [4.69, 9.17) is 0 Å². The first-order valence-corrected chi connectivity index (χ1v) is 6.49. The Hall–Kier alpha value is -1.69. The molecule has 1 heterocycles. The fraction of sp³-hybridized carbons (Fsp3) is 0.538. The second-order valence-corrected chi connectivity index (χ2v) is 4.90. The van der Waals surface area contributed by atoms with Crippen LogP contribution in [0.1, 0.15) is 24.8 Å². The Morgan fingerprint density at radius 3 is 2.95 bits per heavy atom. The van der Waals surface area contributed by atoms with Gasteiger partial charge in [0.1, 0.15) is 11.5 Å². The molecule has 0 spiro atoms. The van der Waals surface area contributed by atoms with E-state index in [1.165, 1.54) is 18.9 Å². The molecule has 0 bridgehead atoms. The monoisotopic (exact) mass is 267 g/mol. The topological polar surface area (TPSA) is 67.2 Å². The normalized spacial score (nSPS) is 19.2. The predicted molar refractivity (Wildman–Crippen MR) is 71.9 cm³/mol. The van der Waals surface area contributed by atoms with Crippen LogP contribution >= 0.6 is 0 Å². The largest absolute Gasteiger partial charge is 0.378 e. The number of nitrogens with one attached hydrogen (secondary N) is 2. The number of hydrogen-bond donors (Lipinski definition) is 2. The summed E-state index contributed by atoms with van der Waals surface area (Å²) in [5.74, 6) is -0.548. The highest BCUT2D eigenvalue weighted by atomic mass is 19.1. The molecule has 1 atom stereocenters. The summed E-state index contributed by atoms with van der Waals surface area (Å²) in [6, 6.07) is 2.79. The van der Waals surface area contributed by atoms with Crippen LogP contribution in [-0.4, -0.2) is 24.1 Å². The van der Waals surface area contributed by atoms with Crippen molar-refractivity contribution in [2.45, 2.75) is 32.2 Å². The van der Waals surface area contributed by atoms with Gasteiger partial charge >= 0.3 is 0 Å². The number of halogens is 1. The number of piperidine rings is 1. The lowest BCUT2D eigenvalue weighted by atomic mass is 10.0. The first-order valence-electron chi connectivity index (χ1n) is 6.49. The van der Waals surface area contributed by atoms with Gasteiger partial charge in [-0.3, -0.25) is 10.1 Å². The fourth-order valence-corrected chi connectivity index (χ4v) is 2.30. The molecular weight excluding hydrogens is 249 g/mol. The van der Waals surface area contributed by atoms with Gasteiger partial charge in [-0.15, -0.1) is 0 Å². The smallest absolute Gasteiger partial charge is 0.295 e. The number of benzene rings is 1. The zero-order valence-electron chi connectivity index (χ0n) is 10.9. The molecule has 0 amide bonds. The van der Waals surface area contributed by atoms with E-state index in [1.54, 1.807) is 6.92 Å². The first kappa shape index (κ1) is 13.7. The minimum absolute atomic E-state index is 0.209. The van der Waals surface area contributed by atoms with Gasteiger partial charge in [-0.25, -0.2) is 4.39 Å². The third-order valence-electron chi connectivity index (χ3n) is 3.42. The summed E-state index contributed by atoms with van der Waals surface area (Å²) in [6.45, 7) is 3.20. The van der Waals surface area contributed by atoms with Gasteiger partial charge in [0.05, 0.1) is 11.0 Å². The summed E-state index contributed by atoms with van der Waals surface area (Å²) >= 11 is 0. The Bertz CT molecular complexity index is 473. The van der Waals surface area contributed by atoms with Crippen molar-refractivity contribution in [3.63, 3.8) is 0 Å². The number of anilines is 1.